The van der Waals surface area contributed by atoms with Crippen LogP contribution < -0.4 is 10.2 Å². The van der Waals surface area contributed by atoms with Crippen LogP contribution in [0.25, 0.3) is 0 Å². The Labute approximate surface area is 131 Å². The topological polar surface area (TPSA) is 15.3 Å². The van der Waals surface area contributed by atoms with E-state index in [9.17, 15) is 0 Å². The van der Waals surface area contributed by atoms with Crippen LogP contribution in [0.1, 0.15) is 11.1 Å². The van der Waals surface area contributed by atoms with Gasteiger partial charge < -0.3 is 10.2 Å². The maximum absolute atomic E-state index is 3.40. The molecule has 1 fully saturated rings. The summed E-state index contributed by atoms with van der Waals surface area (Å²) in [5.41, 5.74) is 4.02. The van der Waals surface area contributed by atoms with E-state index in [-0.39, 0.29) is 0 Å². The lowest BCUT2D eigenvalue weighted by atomic mass is 10.2. The maximum Gasteiger partial charge on any atom is 0.0378 e. The zero-order chi connectivity index (χ0) is 14.7. The standard InChI is InChI=1S/C18H22N2S/c1-14-6-7-18(15(2)12-14)21-17-5-3-4-16(13-17)20-10-8-19-9-11-20/h3-7,12-13,19H,8-11H2,1-2H3. The fraction of sp³-hybridized carbons (Fsp3) is 0.333. The zero-order valence-corrected chi connectivity index (χ0v) is 13.5. The molecule has 0 bridgehead atoms. The Balaban J connectivity index is 1.79. The van der Waals surface area contributed by atoms with Crippen molar-refractivity contribution in [1.29, 1.82) is 0 Å². The number of benzene rings is 2. The van der Waals surface area contributed by atoms with Crippen molar-refractivity contribution in [1.82, 2.24) is 5.32 Å². The molecule has 0 saturated carbocycles. The molecular formula is C18H22N2S. The summed E-state index contributed by atoms with van der Waals surface area (Å²) in [5.74, 6) is 0. The number of anilines is 1. The van der Waals surface area contributed by atoms with Crippen molar-refractivity contribution in [3.8, 4) is 0 Å². The highest BCUT2D eigenvalue weighted by molar-refractivity contribution is 7.99. The highest BCUT2D eigenvalue weighted by atomic mass is 32.2. The van der Waals surface area contributed by atoms with E-state index in [0.717, 1.165) is 26.2 Å². The molecule has 0 aromatic heterocycles. The van der Waals surface area contributed by atoms with Gasteiger partial charge in [0.05, 0.1) is 0 Å². The third kappa shape index (κ3) is 3.60. The molecule has 2 nitrogen and oxygen atoms in total. The average molecular weight is 298 g/mol. The van der Waals surface area contributed by atoms with Gasteiger partial charge in [-0.3, -0.25) is 0 Å². The third-order valence-electron chi connectivity index (χ3n) is 3.86. The van der Waals surface area contributed by atoms with Crippen LogP contribution in [0.5, 0.6) is 0 Å². The van der Waals surface area contributed by atoms with Gasteiger partial charge in [-0.2, -0.15) is 0 Å². The van der Waals surface area contributed by atoms with Crippen molar-refractivity contribution in [2.45, 2.75) is 23.6 Å². The number of hydrogen-bond donors (Lipinski definition) is 1. The molecule has 1 aliphatic heterocycles. The Morgan fingerprint density at radius 3 is 2.57 bits per heavy atom. The lowest BCUT2D eigenvalue weighted by Gasteiger charge is -2.29. The summed E-state index contributed by atoms with van der Waals surface area (Å²) in [6.07, 6.45) is 0. The maximum atomic E-state index is 3.40. The second kappa shape index (κ2) is 6.54. The van der Waals surface area contributed by atoms with Crippen molar-refractivity contribution in [2.24, 2.45) is 0 Å². The average Bonchev–Trinajstić information content (AvgIpc) is 2.51. The highest BCUT2D eigenvalue weighted by Crippen LogP contribution is 2.32. The van der Waals surface area contributed by atoms with Gasteiger partial charge in [0.15, 0.2) is 0 Å². The van der Waals surface area contributed by atoms with Crippen molar-refractivity contribution in [3.63, 3.8) is 0 Å². The van der Waals surface area contributed by atoms with Crippen LogP contribution in [0.4, 0.5) is 5.69 Å². The van der Waals surface area contributed by atoms with Crippen molar-refractivity contribution in [2.75, 3.05) is 31.1 Å². The van der Waals surface area contributed by atoms with Crippen molar-refractivity contribution >= 4 is 17.4 Å². The summed E-state index contributed by atoms with van der Waals surface area (Å²) in [4.78, 5) is 5.12. The predicted molar refractivity (Wildman–Crippen MR) is 91.6 cm³/mol. The first-order valence-electron chi connectivity index (χ1n) is 7.53. The normalized spacial score (nSPS) is 15.2. The van der Waals surface area contributed by atoms with Gasteiger partial charge in [0.25, 0.3) is 0 Å². The van der Waals surface area contributed by atoms with Gasteiger partial charge in [-0.25, -0.2) is 0 Å². The number of aryl methyl sites for hydroxylation is 2. The van der Waals surface area contributed by atoms with Gasteiger partial charge in [0.2, 0.25) is 0 Å². The van der Waals surface area contributed by atoms with E-state index in [0.29, 0.717) is 0 Å². The molecule has 1 saturated heterocycles. The summed E-state index contributed by atoms with van der Waals surface area (Å²) < 4.78 is 0. The van der Waals surface area contributed by atoms with Crippen LogP contribution in [0, 0.1) is 13.8 Å². The van der Waals surface area contributed by atoms with Crippen LogP contribution in [0.15, 0.2) is 52.3 Å². The van der Waals surface area contributed by atoms with Crippen molar-refractivity contribution < 1.29 is 0 Å². The van der Waals surface area contributed by atoms with Gasteiger partial charge >= 0.3 is 0 Å². The largest absolute Gasteiger partial charge is 0.369 e. The second-order valence-corrected chi connectivity index (χ2v) is 6.72. The molecule has 1 heterocycles. The van der Waals surface area contributed by atoms with Gasteiger partial charge in [-0.05, 0) is 43.7 Å². The van der Waals surface area contributed by atoms with Crippen molar-refractivity contribution in [3.05, 3.63) is 53.6 Å². The molecule has 3 heteroatoms. The highest BCUT2D eigenvalue weighted by Gasteiger charge is 2.11. The van der Waals surface area contributed by atoms with Gasteiger partial charge in [0.1, 0.15) is 0 Å². The van der Waals surface area contributed by atoms with Gasteiger partial charge in [0, 0.05) is 41.7 Å². The SMILES string of the molecule is Cc1ccc(Sc2cccc(N3CCNCC3)c2)c(C)c1. The van der Waals surface area contributed by atoms with Crippen LogP contribution in [0.3, 0.4) is 0 Å². The lowest BCUT2D eigenvalue weighted by Crippen LogP contribution is -2.43. The Morgan fingerprint density at radius 1 is 1.00 bits per heavy atom. The zero-order valence-electron chi connectivity index (χ0n) is 12.7. The van der Waals surface area contributed by atoms with Gasteiger partial charge in [-0.15, -0.1) is 0 Å². The molecule has 0 unspecified atom stereocenters. The van der Waals surface area contributed by atoms with E-state index in [1.54, 1.807) is 0 Å². The first-order chi connectivity index (χ1) is 10.2. The minimum absolute atomic E-state index is 1.08. The molecule has 1 aliphatic rings. The Morgan fingerprint density at radius 2 is 1.81 bits per heavy atom. The first kappa shape index (κ1) is 14.5. The van der Waals surface area contributed by atoms with E-state index >= 15 is 0 Å². The predicted octanol–water partition coefficient (Wildman–Crippen LogP) is 3.86. The Bertz CT molecular complexity index is 618. The van der Waals surface area contributed by atoms with E-state index in [4.69, 9.17) is 0 Å². The number of nitrogens with zero attached hydrogens (tertiary/aromatic N) is 1. The molecule has 110 valence electrons. The molecule has 2 aromatic carbocycles. The Hall–Kier alpha value is -1.45. The summed E-state index contributed by atoms with van der Waals surface area (Å²) in [7, 11) is 0. The quantitative estimate of drug-likeness (QED) is 0.926. The summed E-state index contributed by atoms with van der Waals surface area (Å²) >= 11 is 1.86. The molecule has 2 aromatic rings. The smallest absolute Gasteiger partial charge is 0.0378 e. The second-order valence-electron chi connectivity index (χ2n) is 5.61. The first-order valence-corrected chi connectivity index (χ1v) is 8.35. The third-order valence-corrected chi connectivity index (χ3v) is 5.03. The fourth-order valence-electron chi connectivity index (χ4n) is 2.71. The van der Waals surface area contributed by atoms with Crippen LogP contribution in [-0.4, -0.2) is 26.2 Å². The number of piperazine rings is 1. The molecule has 0 spiro atoms. The molecular weight excluding hydrogens is 276 g/mol. The summed E-state index contributed by atoms with van der Waals surface area (Å²) in [6, 6.07) is 15.6. The van der Waals surface area contributed by atoms with Crippen LogP contribution in [0.2, 0.25) is 0 Å². The molecule has 0 atom stereocenters. The fourth-order valence-corrected chi connectivity index (χ4v) is 3.64. The monoisotopic (exact) mass is 298 g/mol. The lowest BCUT2D eigenvalue weighted by molar-refractivity contribution is 0.589. The minimum Gasteiger partial charge on any atom is -0.369 e. The van der Waals surface area contributed by atoms with Gasteiger partial charge in [-0.1, -0.05) is 35.5 Å². The molecule has 3 rings (SSSR count). The molecule has 21 heavy (non-hydrogen) atoms. The van der Waals surface area contributed by atoms with Crippen LogP contribution >= 0.6 is 11.8 Å². The van der Waals surface area contributed by atoms with E-state index in [1.165, 1.54) is 26.6 Å². The van der Waals surface area contributed by atoms with E-state index in [1.807, 2.05) is 11.8 Å². The molecule has 0 aliphatic carbocycles. The molecule has 0 amide bonds. The van der Waals surface area contributed by atoms with Crippen LogP contribution in [-0.2, 0) is 0 Å². The van der Waals surface area contributed by atoms with E-state index in [2.05, 4.69) is 66.5 Å². The summed E-state index contributed by atoms with van der Waals surface area (Å²) in [6.45, 7) is 8.68. The number of rotatable bonds is 3. The number of nitrogens with one attached hydrogen (secondary N) is 1. The summed E-state index contributed by atoms with van der Waals surface area (Å²) in [5, 5.41) is 3.40. The van der Waals surface area contributed by atoms with E-state index < -0.39 is 0 Å². The Kier molecular flexibility index (Phi) is 4.51. The molecule has 1 N–H and O–H groups in total. The minimum atomic E-state index is 1.08. The molecule has 0 radical (unpaired) electrons. The number of hydrogen-bond acceptors (Lipinski definition) is 3.